The van der Waals surface area contributed by atoms with E-state index in [0.29, 0.717) is 23.8 Å². The quantitative estimate of drug-likeness (QED) is 0.0828. The van der Waals surface area contributed by atoms with Crippen LogP contribution in [0, 0.1) is 11.8 Å². The number of carbonyl (C=O) groups excluding carboxylic acids is 1. The minimum atomic E-state index is -0.416. The normalized spacial score (nSPS) is 22.5. The SMILES string of the molecule is C=C[C@H]1CN2C(SCCCCCCCCCCCCCCCCCC)CC1C[C@H]2[C@H](OC(=O)Nc1ccccc1)C1=CCNc2ccc(OC)cc21. The summed E-state index contributed by atoms with van der Waals surface area (Å²) in [5.41, 5.74) is 3.88. The van der Waals surface area contributed by atoms with Crippen molar-refractivity contribution >= 4 is 34.8 Å². The topological polar surface area (TPSA) is 62.8 Å². The highest BCUT2D eigenvalue weighted by Crippen LogP contribution is 2.48. The molecule has 4 heterocycles. The molecule has 2 aromatic rings. The van der Waals surface area contributed by atoms with Crippen LogP contribution in [0.2, 0.25) is 0 Å². The summed E-state index contributed by atoms with van der Waals surface area (Å²) in [6.45, 7) is 8.17. The predicted molar refractivity (Wildman–Crippen MR) is 222 cm³/mol. The summed E-state index contributed by atoms with van der Waals surface area (Å²) in [5, 5.41) is 6.92. The van der Waals surface area contributed by atoms with E-state index in [-0.39, 0.29) is 6.04 Å². The monoisotopic (exact) mass is 729 g/mol. The fourth-order valence-electron chi connectivity index (χ4n) is 8.57. The van der Waals surface area contributed by atoms with E-state index in [9.17, 15) is 4.79 Å². The van der Waals surface area contributed by atoms with Crippen LogP contribution >= 0.6 is 11.8 Å². The molecule has 6 rings (SSSR count). The highest BCUT2D eigenvalue weighted by Gasteiger charge is 2.49. The number of unbranched alkanes of at least 4 members (excludes halogenated alkanes) is 15. The van der Waals surface area contributed by atoms with Crippen molar-refractivity contribution in [3.8, 4) is 5.75 Å². The standard InChI is InChI=1S/C45H67N3O3S/c1-4-6-7-8-9-10-11-12-13-14-15-16-17-18-19-23-30-52-43-32-36-31-42(48(43)34-35(36)5-2)44(51-45(49)47-37-24-21-20-22-25-37)39-28-29-46-41-27-26-38(50-3)33-40(39)41/h5,20-22,24-28,33,35-36,42-44,46H,2,4,6-19,23,29-32,34H2,1,3H3,(H,47,49)/t35-,36?,42-,43?,44+/m0/s1. The van der Waals surface area contributed by atoms with Crippen molar-refractivity contribution in [3.63, 3.8) is 0 Å². The number of ether oxygens (including phenoxy) is 2. The average Bonchev–Trinajstić information content (AvgIpc) is 3.18. The van der Waals surface area contributed by atoms with E-state index in [1.165, 1.54) is 115 Å². The average molecular weight is 730 g/mol. The molecule has 3 fully saturated rings. The van der Waals surface area contributed by atoms with Gasteiger partial charge in [0.25, 0.3) is 0 Å². The lowest BCUT2D eigenvalue weighted by Crippen LogP contribution is -2.61. The molecule has 4 aliphatic heterocycles. The Bertz CT molecular complexity index is 1380. The van der Waals surface area contributed by atoms with Crippen LogP contribution in [0.5, 0.6) is 5.75 Å². The number of hydrogen-bond acceptors (Lipinski definition) is 6. The lowest BCUT2D eigenvalue weighted by Gasteiger charge is -2.55. The first-order valence-corrected chi connectivity index (χ1v) is 21.8. The van der Waals surface area contributed by atoms with Crippen LogP contribution in [-0.2, 0) is 4.74 Å². The van der Waals surface area contributed by atoms with Crippen LogP contribution in [0.4, 0.5) is 16.2 Å². The van der Waals surface area contributed by atoms with E-state index >= 15 is 0 Å². The van der Waals surface area contributed by atoms with Crippen LogP contribution in [0.1, 0.15) is 128 Å². The zero-order valence-corrected chi connectivity index (χ0v) is 33.1. The molecule has 6 nitrogen and oxygen atoms in total. The fourth-order valence-corrected chi connectivity index (χ4v) is 10.0. The molecule has 0 spiro atoms. The van der Waals surface area contributed by atoms with Crippen LogP contribution in [-0.4, -0.2) is 54.5 Å². The third-order valence-electron chi connectivity index (χ3n) is 11.5. The van der Waals surface area contributed by atoms with E-state index in [1.54, 1.807) is 7.11 Å². The number of benzene rings is 2. The van der Waals surface area contributed by atoms with Crippen molar-refractivity contribution in [2.75, 3.05) is 36.6 Å². The molecule has 0 aliphatic carbocycles. The zero-order valence-electron chi connectivity index (χ0n) is 32.3. The lowest BCUT2D eigenvalue weighted by molar-refractivity contribution is -0.0388. The van der Waals surface area contributed by atoms with Gasteiger partial charge in [0.1, 0.15) is 11.9 Å². The van der Waals surface area contributed by atoms with Crippen molar-refractivity contribution in [1.82, 2.24) is 4.90 Å². The van der Waals surface area contributed by atoms with Gasteiger partial charge in [-0.3, -0.25) is 10.2 Å². The number of nitrogens with zero attached hydrogens (tertiary/aromatic N) is 1. The van der Waals surface area contributed by atoms with Gasteiger partial charge in [-0.15, -0.1) is 18.3 Å². The van der Waals surface area contributed by atoms with Gasteiger partial charge >= 0.3 is 6.09 Å². The van der Waals surface area contributed by atoms with E-state index in [2.05, 4.69) is 65.1 Å². The number of rotatable bonds is 24. The van der Waals surface area contributed by atoms with E-state index < -0.39 is 12.2 Å². The molecule has 3 unspecified atom stereocenters. The second-order valence-corrected chi connectivity index (χ2v) is 16.6. The molecule has 0 radical (unpaired) electrons. The molecule has 0 aromatic heterocycles. The van der Waals surface area contributed by atoms with Gasteiger partial charge in [-0.1, -0.05) is 134 Å². The Morgan fingerprint density at radius 1 is 0.923 bits per heavy atom. The molecule has 0 saturated carbocycles. The Morgan fingerprint density at radius 3 is 2.19 bits per heavy atom. The van der Waals surface area contributed by atoms with Crippen molar-refractivity contribution in [2.24, 2.45) is 11.8 Å². The predicted octanol–water partition coefficient (Wildman–Crippen LogP) is 12.3. The highest BCUT2D eigenvalue weighted by atomic mass is 32.2. The first kappa shape index (κ1) is 40.3. The van der Waals surface area contributed by atoms with Crippen LogP contribution in [0.25, 0.3) is 5.57 Å². The number of para-hydroxylation sites is 1. The maximum atomic E-state index is 13.6. The first-order valence-electron chi connectivity index (χ1n) is 20.8. The Balaban J connectivity index is 1.12. The van der Waals surface area contributed by atoms with E-state index in [1.807, 2.05) is 36.4 Å². The number of fused-ring (bicyclic) bond motifs is 4. The summed E-state index contributed by atoms with van der Waals surface area (Å²) in [7, 11) is 1.70. The molecular weight excluding hydrogens is 663 g/mol. The molecule has 52 heavy (non-hydrogen) atoms. The Hall–Kier alpha value is -2.90. The summed E-state index contributed by atoms with van der Waals surface area (Å²) in [6, 6.07) is 15.8. The van der Waals surface area contributed by atoms with Gasteiger partial charge in [-0.2, -0.15) is 0 Å². The number of thioether (sulfide) groups is 1. The van der Waals surface area contributed by atoms with Crippen molar-refractivity contribution in [1.29, 1.82) is 0 Å². The van der Waals surface area contributed by atoms with E-state index in [4.69, 9.17) is 9.47 Å². The summed E-state index contributed by atoms with van der Waals surface area (Å²) in [4.78, 5) is 16.2. The molecular formula is C45H67N3O3S. The largest absolute Gasteiger partial charge is 0.497 e. The molecule has 4 aliphatic rings. The molecule has 7 heteroatoms. The minimum Gasteiger partial charge on any atom is -0.497 e. The summed E-state index contributed by atoms with van der Waals surface area (Å²) >= 11 is 2.12. The Labute approximate surface area is 320 Å². The lowest BCUT2D eigenvalue weighted by atomic mass is 9.72. The number of methoxy groups -OCH3 is 1. The number of hydrogen-bond donors (Lipinski definition) is 2. The van der Waals surface area contributed by atoms with Crippen molar-refractivity contribution in [2.45, 2.75) is 140 Å². The highest BCUT2D eigenvalue weighted by molar-refractivity contribution is 7.99. The van der Waals surface area contributed by atoms with Gasteiger partial charge in [0.15, 0.2) is 0 Å². The molecule has 2 bridgehead atoms. The van der Waals surface area contributed by atoms with Crippen LogP contribution in [0.15, 0.2) is 67.3 Å². The maximum absolute atomic E-state index is 13.6. The summed E-state index contributed by atoms with van der Waals surface area (Å²) < 4.78 is 12.1. The zero-order chi connectivity index (χ0) is 36.4. The van der Waals surface area contributed by atoms with Gasteiger partial charge in [-0.05, 0) is 67.2 Å². The summed E-state index contributed by atoms with van der Waals surface area (Å²) in [5.74, 6) is 2.98. The first-order chi connectivity index (χ1) is 25.6. The minimum absolute atomic E-state index is 0.0863. The van der Waals surface area contributed by atoms with Gasteiger partial charge in [0.2, 0.25) is 0 Å². The van der Waals surface area contributed by atoms with Gasteiger partial charge < -0.3 is 14.8 Å². The summed E-state index contributed by atoms with van der Waals surface area (Å²) in [6.07, 6.45) is 28.1. The van der Waals surface area contributed by atoms with Crippen molar-refractivity contribution < 1.29 is 14.3 Å². The number of anilines is 2. The smallest absolute Gasteiger partial charge is 0.412 e. The second-order valence-electron chi connectivity index (χ2n) is 15.3. The third-order valence-corrected chi connectivity index (χ3v) is 12.9. The molecule has 2 aromatic carbocycles. The molecule has 286 valence electrons. The molecule has 1 amide bonds. The van der Waals surface area contributed by atoms with E-state index in [0.717, 1.165) is 41.2 Å². The Morgan fingerprint density at radius 2 is 1.58 bits per heavy atom. The van der Waals surface area contributed by atoms with Gasteiger partial charge in [-0.25, -0.2) is 4.79 Å². The number of nitrogens with one attached hydrogen (secondary N) is 2. The van der Waals surface area contributed by atoms with Gasteiger partial charge in [0.05, 0.1) is 18.5 Å². The van der Waals surface area contributed by atoms with Crippen LogP contribution in [0.3, 0.4) is 0 Å². The number of piperidine rings is 3. The number of carbonyl (C=O) groups is 1. The maximum Gasteiger partial charge on any atom is 0.412 e. The van der Waals surface area contributed by atoms with Crippen LogP contribution < -0.4 is 15.4 Å². The molecule has 3 saturated heterocycles. The number of amides is 1. The van der Waals surface area contributed by atoms with Crippen molar-refractivity contribution in [3.05, 3.63) is 72.8 Å². The van der Waals surface area contributed by atoms with Gasteiger partial charge in [0, 0.05) is 35.6 Å². The fraction of sp³-hybridized carbons (Fsp3) is 0.622. The molecule has 2 N–H and O–H groups in total. The third kappa shape index (κ3) is 12.1. The second kappa shape index (κ2) is 22.3. The Kier molecular flexibility index (Phi) is 17.3. The molecule has 6 atom stereocenters.